The summed E-state index contributed by atoms with van der Waals surface area (Å²) in [6, 6.07) is 68.5. The first-order valence-electron chi connectivity index (χ1n) is 19.4. The number of pyridine rings is 2. The predicted octanol–water partition coefficient (Wildman–Crippen LogP) is 13.8. The van der Waals surface area contributed by atoms with Crippen molar-refractivity contribution in [2.45, 2.75) is 0 Å². The minimum atomic E-state index is 0.670. The Morgan fingerprint density at radius 3 is 1.09 bits per heavy atom. The monoisotopic (exact) mass is 740 g/mol. The first-order valence-corrected chi connectivity index (χ1v) is 19.4. The predicted molar refractivity (Wildman–Crippen MR) is 239 cm³/mol. The van der Waals surface area contributed by atoms with Crippen molar-refractivity contribution in [3.8, 4) is 89.4 Å². The van der Waals surface area contributed by atoms with Gasteiger partial charge in [0.1, 0.15) is 0 Å². The maximum Gasteiger partial charge on any atom is 0.160 e. The highest BCUT2D eigenvalue weighted by Crippen LogP contribution is 2.40. The van der Waals surface area contributed by atoms with Crippen LogP contribution in [0.15, 0.2) is 219 Å². The van der Waals surface area contributed by atoms with Crippen molar-refractivity contribution < 1.29 is 0 Å². The zero-order valence-electron chi connectivity index (χ0n) is 31.6. The minimum absolute atomic E-state index is 0.670. The van der Waals surface area contributed by atoms with Gasteiger partial charge < -0.3 is 0 Å². The molecule has 58 heavy (non-hydrogen) atoms. The molecule has 0 fully saturated rings. The van der Waals surface area contributed by atoms with Gasteiger partial charge in [0.15, 0.2) is 5.82 Å². The molecule has 4 nitrogen and oxygen atoms in total. The smallest absolute Gasteiger partial charge is 0.160 e. The van der Waals surface area contributed by atoms with E-state index >= 15 is 0 Å². The number of hydrogen-bond donors (Lipinski definition) is 0. The van der Waals surface area contributed by atoms with Gasteiger partial charge in [-0.15, -0.1) is 0 Å². The van der Waals surface area contributed by atoms with E-state index in [-0.39, 0.29) is 0 Å². The molecule has 3 aromatic heterocycles. The molecule has 0 radical (unpaired) electrons. The highest BCUT2D eigenvalue weighted by Gasteiger charge is 2.18. The lowest BCUT2D eigenvalue weighted by molar-refractivity contribution is 1.23. The Kier molecular flexibility index (Phi) is 9.18. The molecule has 7 aromatic carbocycles. The molecule has 4 heteroatoms. The maximum absolute atomic E-state index is 5.42. The van der Waals surface area contributed by atoms with Crippen LogP contribution in [-0.2, 0) is 0 Å². The summed E-state index contributed by atoms with van der Waals surface area (Å²) in [5.41, 5.74) is 17.3. The molecule has 0 saturated heterocycles. The Morgan fingerprint density at radius 1 is 0.259 bits per heavy atom. The standard InChI is InChI=1S/C54H36N4/c1-3-7-37(8-4-1)39-11-13-43(14-12-39)49-35-50(46-21-15-40(16-22-46)38-9-5-2-6-10-38)53-51(36-49)52(47-23-17-41(18-24-47)44-27-31-55-32-28-44)57-54(58-53)48-25-19-42(20-26-48)45-29-33-56-34-30-45/h1-36H. The fourth-order valence-electron chi connectivity index (χ4n) is 7.65. The average Bonchev–Trinajstić information content (AvgIpc) is 3.32. The second-order valence-corrected chi connectivity index (χ2v) is 14.3. The third-order valence-corrected chi connectivity index (χ3v) is 10.8. The van der Waals surface area contributed by atoms with Gasteiger partial charge in [0, 0.05) is 46.9 Å². The van der Waals surface area contributed by atoms with Gasteiger partial charge in [0.25, 0.3) is 0 Å². The van der Waals surface area contributed by atoms with Crippen LogP contribution in [0.25, 0.3) is 100 Å². The van der Waals surface area contributed by atoms with E-state index in [1.165, 1.54) is 22.3 Å². The van der Waals surface area contributed by atoms with E-state index in [4.69, 9.17) is 9.97 Å². The van der Waals surface area contributed by atoms with Crippen molar-refractivity contribution in [3.05, 3.63) is 219 Å². The Morgan fingerprint density at radius 2 is 0.621 bits per heavy atom. The lowest BCUT2D eigenvalue weighted by Crippen LogP contribution is -1.98. The summed E-state index contributed by atoms with van der Waals surface area (Å²) < 4.78 is 0. The Hall–Kier alpha value is -7.82. The summed E-state index contributed by atoms with van der Waals surface area (Å²) in [4.78, 5) is 19.2. The zero-order valence-corrected chi connectivity index (χ0v) is 31.6. The van der Waals surface area contributed by atoms with Gasteiger partial charge in [0.2, 0.25) is 0 Å². The molecule has 0 unspecified atom stereocenters. The van der Waals surface area contributed by atoms with Gasteiger partial charge in [-0.2, -0.15) is 0 Å². The van der Waals surface area contributed by atoms with Crippen LogP contribution in [-0.4, -0.2) is 19.9 Å². The first kappa shape index (κ1) is 34.7. The SMILES string of the molecule is c1ccc(-c2ccc(-c3cc(-c4ccc(-c5ccccc5)cc4)c4nc(-c5ccc(-c6ccncc6)cc5)nc(-c5ccc(-c6ccncc6)cc5)c4c3)cc2)cc1. The molecule has 0 bridgehead atoms. The Bertz CT molecular complexity index is 2760. The Balaban J connectivity index is 1.18. The summed E-state index contributed by atoms with van der Waals surface area (Å²) in [5, 5.41) is 0.987. The normalized spacial score (nSPS) is 11.1. The molecule has 0 atom stereocenters. The van der Waals surface area contributed by atoms with Gasteiger partial charge in [-0.05, 0) is 97.6 Å². The summed E-state index contributed by atoms with van der Waals surface area (Å²) in [5.74, 6) is 0.670. The van der Waals surface area contributed by atoms with E-state index < -0.39 is 0 Å². The lowest BCUT2D eigenvalue weighted by atomic mass is 9.92. The fourth-order valence-corrected chi connectivity index (χ4v) is 7.65. The molecular weight excluding hydrogens is 705 g/mol. The number of aromatic nitrogens is 4. The summed E-state index contributed by atoms with van der Waals surface area (Å²) >= 11 is 0. The van der Waals surface area contributed by atoms with E-state index in [1.807, 2.05) is 49.1 Å². The zero-order chi connectivity index (χ0) is 38.7. The van der Waals surface area contributed by atoms with Crippen LogP contribution >= 0.6 is 0 Å². The molecule has 10 aromatic rings. The van der Waals surface area contributed by atoms with Gasteiger partial charge in [-0.25, -0.2) is 9.97 Å². The third-order valence-electron chi connectivity index (χ3n) is 10.8. The maximum atomic E-state index is 5.42. The third kappa shape index (κ3) is 6.95. The van der Waals surface area contributed by atoms with Crippen LogP contribution in [0.2, 0.25) is 0 Å². The number of hydrogen-bond acceptors (Lipinski definition) is 4. The van der Waals surface area contributed by atoms with Crippen molar-refractivity contribution in [3.63, 3.8) is 0 Å². The molecule has 3 heterocycles. The molecular formula is C54H36N4. The van der Waals surface area contributed by atoms with E-state index in [1.54, 1.807) is 0 Å². The molecule has 0 amide bonds. The fraction of sp³-hybridized carbons (Fsp3) is 0. The van der Waals surface area contributed by atoms with E-state index in [2.05, 4.69) is 180 Å². The highest BCUT2D eigenvalue weighted by atomic mass is 14.9. The summed E-state index contributed by atoms with van der Waals surface area (Å²) in [6.07, 6.45) is 7.30. The first-order chi connectivity index (χ1) is 28.7. The average molecular weight is 741 g/mol. The van der Waals surface area contributed by atoms with Crippen molar-refractivity contribution >= 4 is 10.9 Å². The molecule has 10 rings (SSSR count). The van der Waals surface area contributed by atoms with Crippen LogP contribution in [0.4, 0.5) is 0 Å². The quantitative estimate of drug-likeness (QED) is 0.156. The van der Waals surface area contributed by atoms with Gasteiger partial charge in [0.05, 0.1) is 11.2 Å². The molecule has 0 aliphatic carbocycles. The molecule has 0 aliphatic heterocycles. The summed E-state index contributed by atoms with van der Waals surface area (Å²) in [7, 11) is 0. The van der Waals surface area contributed by atoms with Gasteiger partial charge in [-0.3, -0.25) is 9.97 Å². The number of benzene rings is 7. The highest BCUT2D eigenvalue weighted by molar-refractivity contribution is 6.04. The van der Waals surface area contributed by atoms with Crippen LogP contribution in [0.1, 0.15) is 0 Å². The van der Waals surface area contributed by atoms with Crippen molar-refractivity contribution in [1.29, 1.82) is 0 Å². The van der Waals surface area contributed by atoms with E-state index in [0.717, 1.165) is 72.2 Å². The number of fused-ring (bicyclic) bond motifs is 1. The van der Waals surface area contributed by atoms with E-state index in [9.17, 15) is 0 Å². The molecule has 0 N–H and O–H groups in total. The summed E-state index contributed by atoms with van der Waals surface area (Å²) in [6.45, 7) is 0. The molecule has 0 aliphatic rings. The van der Waals surface area contributed by atoms with E-state index in [0.29, 0.717) is 5.82 Å². The van der Waals surface area contributed by atoms with Crippen molar-refractivity contribution in [1.82, 2.24) is 19.9 Å². The molecule has 0 saturated carbocycles. The lowest BCUT2D eigenvalue weighted by Gasteiger charge is -2.16. The topological polar surface area (TPSA) is 51.6 Å². The largest absolute Gasteiger partial charge is 0.265 e. The second-order valence-electron chi connectivity index (χ2n) is 14.3. The molecule has 272 valence electrons. The second kappa shape index (κ2) is 15.4. The van der Waals surface area contributed by atoms with Crippen LogP contribution in [0, 0.1) is 0 Å². The number of rotatable bonds is 8. The van der Waals surface area contributed by atoms with Crippen LogP contribution < -0.4 is 0 Å². The van der Waals surface area contributed by atoms with Gasteiger partial charge >= 0.3 is 0 Å². The molecule has 0 spiro atoms. The van der Waals surface area contributed by atoms with Crippen molar-refractivity contribution in [2.24, 2.45) is 0 Å². The van der Waals surface area contributed by atoms with Gasteiger partial charge in [-0.1, -0.05) is 158 Å². The van der Waals surface area contributed by atoms with Crippen LogP contribution in [0.3, 0.4) is 0 Å². The van der Waals surface area contributed by atoms with Crippen molar-refractivity contribution in [2.75, 3.05) is 0 Å². The van der Waals surface area contributed by atoms with Crippen LogP contribution in [0.5, 0.6) is 0 Å². The number of nitrogens with zero attached hydrogens (tertiary/aromatic N) is 4. The minimum Gasteiger partial charge on any atom is -0.265 e. The Labute approximate surface area is 337 Å².